The van der Waals surface area contributed by atoms with E-state index in [1.54, 1.807) is 0 Å². The van der Waals surface area contributed by atoms with Crippen LogP contribution < -0.4 is 0 Å². The third-order valence-electron chi connectivity index (χ3n) is 1.49. The molecule has 0 fully saturated rings. The van der Waals surface area contributed by atoms with Gasteiger partial charge in [-0.2, -0.15) is 0 Å². The lowest BCUT2D eigenvalue weighted by Gasteiger charge is -2.00. The van der Waals surface area contributed by atoms with Gasteiger partial charge in [0.05, 0.1) is 0 Å². The first-order valence-electron chi connectivity index (χ1n) is 3.61. The molecular formula is C9H10BrCl. The first kappa shape index (κ1) is 9.08. The minimum Gasteiger partial charge on any atom is -0.122 e. The molecule has 0 heterocycles. The zero-order chi connectivity index (χ0) is 8.10. The Morgan fingerprint density at radius 1 is 1.45 bits per heavy atom. The number of hydrogen-bond donors (Lipinski definition) is 0. The van der Waals surface area contributed by atoms with Gasteiger partial charge in [0.15, 0.2) is 0 Å². The summed E-state index contributed by atoms with van der Waals surface area (Å²) in [5.41, 5.74) is 1.20. The first-order valence-corrected chi connectivity index (χ1v) is 4.94. The van der Waals surface area contributed by atoms with Gasteiger partial charge in [0.25, 0.3) is 0 Å². The van der Waals surface area contributed by atoms with Gasteiger partial charge in [0.2, 0.25) is 0 Å². The van der Waals surface area contributed by atoms with Gasteiger partial charge in [0, 0.05) is 10.4 Å². The van der Waals surface area contributed by atoms with E-state index in [4.69, 9.17) is 11.6 Å². The minimum absolute atomic E-state index is 0.600. The van der Waals surface area contributed by atoms with Crippen molar-refractivity contribution in [2.75, 3.05) is 5.88 Å². The largest absolute Gasteiger partial charge is 0.122 e. The van der Waals surface area contributed by atoms with Gasteiger partial charge in [-0.05, 0) is 24.5 Å². The summed E-state index contributed by atoms with van der Waals surface area (Å²) in [5, 5.41) is 0. The van der Waals surface area contributed by atoms with Crippen LogP contribution in [-0.4, -0.2) is 5.88 Å². The topological polar surface area (TPSA) is 0 Å². The van der Waals surface area contributed by atoms with Crippen LogP contribution >= 0.6 is 27.5 Å². The maximum atomic E-state index is 5.71. The van der Waals surface area contributed by atoms with Gasteiger partial charge in [-0.1, -0.05) is 34.2 Å². The van der Waals surface area contributed by atoms with Crippen molar-refractivity contribution in [1.29, 1.82) is 0 Å². The highest BCUT2D eigenvalue weighted by atomic mass is 79.9. The highest BCUT2D eigenvalue weighted by molar-refractivity contribution is 9.11. The molecule has 0 aromatic carbocycles. The quantitative estimate of drug-likeness (QED) is 0.605. The predicted octanol–water partition coefficient (Wildman–Crippen LogP) is 3.78. The van der Waals surface area contributed by atoms with E-state index in [9.17, 15) is 0 Å². The van der Waals surface area contributed by atoms with Crippen LogP contribution in [0.25, 0.3) is 0 Å². The Labute approximate surface area is 80.8 Å². The van der Waals surface area contributed by atoms with E-state index in [2.05, 4.69) is 40.2 Å². The fourth-order valence-corrected chi connectivity index (χ4v) is 1.61. The molecule has 0 aliphatic heterocycles. The molecule has 0 aromatic heterocycles. The number of halogens is 2. The molecule has 0 saturated carbocycles. The average molecular weight is 234 g/mol. The molecule has 1 aliphatic carbocycles. The molecule has 0 bridgehead atoms. The monoisotopic (exact) mass is 232 g/mol. The van der Waals surface area contributed by atoms with E-state index in [0.717, 1.165) is 17.3 Å². The molecule has 0 saturated heterocycles. The van der Waals surface area contributed by atoms with E-state index in [1.807, 2.05) is 0 Å². The van der Waals surface area contributed by atoms with Crippen LogP contribution in [0.5, 0.6) is 0 Å². The maximum absolute atomic E-state index is 5.71. The highest BCUT2D eigenvalue weighted by Crippen LogP contribution is 2.16. The number of hydrogen-bond acceptors (Lipinski definition) is 0. The van der Waals surface area contributed by atoms with Crippen LogP contribution in [0.1, 0.15) is 12.8 Å². The second-order valence-electron chi connectivity index (χ2n) is 2.42. The van der Waals surface area contributed by atoms with E-state index >= 15 is 0 Å². The molecule has 0 spiro atoms. The third-order valence-corrected chi connectivity index (χ3v) is 2.30. The molecule has 0 radical (unpaired) electrons. The van der Waals surface area contributed by atoms with Crippen molar-refractivity contribution in [3.63, 3.8) is 0 Å². The fraction of sp³-hybridized carbons (Fsp3) is 0.333. The Morgan fingerprint density at radius 3 is 3.00 bits per heavy atom. The summed E-state index contributed by atoms with van der Waals surface area (Å²) >= 11 is 9.14. The number of rotatable bonds is 1. The van der Waals surface area contributed by atoms with Crippen molar-refractivity contribution >= 4 is 27.5 Å². The SMILES string of the molecule is ClCC1=C\CC/C=C/C(Br)=C\1. The summed E-state index contributed by atoms with van der Waals surface area (Å²) in [6, 6.07) is 0. The van der Waals surface area contributed by atoms with E-state index in [0.29, 0.717) is 5.88 Å². The van der Waals surface area contributed by atoms with Gasteiger partial charge in [-0.3, -0.25) is 0 Å². The Kier molecular flexibility index (Phi) is 3.95. The van der Waals surface area contributed by atoms with Crippen molar-refractivity contribution in [3.05, 3.63) is 34.4 Å². The van der Waals surface area contributed by atoms with Crippen LogP contribution in [0.2, 0.25) is 0 Å². The molecule has 0 unspecified atom stereocenters. The number of allylic oxidation sites excluding steroid dienone is 6. The zero-order valence-corrected chi connectivity index (χ0v) is 8.53. The van der Waals surface area contributed by atoms with Crippen molar-refractivity contribution < 1.29 is 0 Å². The van der Waals surface area contributed by atoms with Crippen LogP contribution in [0.3, 0.4) is 0 Å². The molecule has 0 atom stereocenters. The van der Waals surface area contributed by atoms with Crippen LogP contribution in [0.4, 0.5) is 0 Å². The molecule has 1 aliphatic rings. The molecular weight excluding hydrogens is 223 g/mol. The molecule has 0 aromatic rings. The van der Waals surface area contributed by atoms with E-state index in [1.165, 1.54) is 5.57 Å². The Balaban J connectivity index is 2.77. The minimum atomic E-state index is 0.600. The second-order valence-corrected chi connectivity index (χ2v) is 3.60. The lowest BCUT2D eigenvalue weighted by molar-refractivity contribution is 1.04. The fourth-order valence-electron chi connectivity index (χ4n) is 0.938. The Morgan fingerprint density at radius 2 is 2.27 bits per heavy atom. The van der Waals surface area contributed by atoms with Gasteiger partial charge in [-0.25, -0.2) is 0 Å². The summed E-state index contributed by atoms with van der Waals surface area (Å²) in [6.07, 6.45) is 10.7. The molecule has 60 valence electrons. The highest BCUT2D eigenvalue weighted by Gasteiger charge is 1.94. The van der Waals surface area contributed by atoms with E-state index < -0.39 is 0 Å². The van der Waals surface area contributed by atoms with Crippen LogP contribution in [0.15, 0.2) is 34.4 Å². The molecule has 1 rings (SSSR count). The van der Waals surface area contributed by atoms with Crippen molar-refractivity contribution in [1.82, 2.24) is 0 Å². The average Bonchev–Trinajstić information content (AvgIpc) is 1.96. The second kappa shape index (κ2) is 4.78. The molecule has 2 heteroatoms. The molecule has 0 amide bonds. The third kappa shape index (κ3) is 3.26. The lowest BCUT2D eigenvalue weighted by atomic mass is 10.1. The van der Waals surface area contributed by atoms with Gasteiger partial charge < -0.3 is 0 Å². The van der Waals surface area contributed by atoms with Gasteiger partial charge in [0.1, 0.15) is 0 Å². The van der Waals surface area contributed by atoms with Crippen LogP contribution in [0, 0.1) is 0 Å². The van der Waals surface area contributed by atoms with Crippen molar-refractivity contribution in [3.8, 4) is 0 Å². The summed E-state index contributed by atoms with van der Waals surface area (Å²) in [6.45, 7) is 0. The molecule has 0 N–H and O–H groups in total. The van der Waals surface area contributed by atoms with Crippen molar-refractivity contribution in [2.24, 2.45) is 0 Å². The standard InChI is InChI=1S/C9H10BrCl/c10-9-5-3-1-2-4-8(6-9)7-11/h3-6H,1-2,7H2/b5-3+,8-4-,9-6+. The van der Waals surface area contributed by atoms with Crippen LogP contribution in [-0.2, 0) is 0 Å². The summed E-state index contributed by atoms with van der Waals surface area (Å²) in [7, 11) is 0. The summed E-state index contributed by atoms with van der Waals surface area (Å²) < 4.78 is 1.10. The van der Waals surface area contributed by atoms with Gasteiger partial charge >= 0.3 is 0 Å². The normalized spacial score (nSPS) is 30.7. The predicted molar refractivity (Wildman–Crippen MR) is 54.2 cm³/mol. The molecule has 11 heavy (non-hydrogen) atoms. The zero-order valence-electron chi connectivity index (χ0n) is 6.19. The molecule has 0 nitrogen and oxygen atoms in total. The maximum Gasteiger partial charge on any atom is 0.0471 e. The van der Waals surface area contributed by atoms with Crippen molar-refractivity contribution in [2.45, 2.75) is 12.8 Å². The Hall–Kier alpha value is -0.0100. The first-order chi connectivity index (χ1) is 5.33. The summed E-state index contributed by atoms with van der Waals surface area (Å²) in [5.74, 6) is 0.600. The summed E-state index contributed by atoms with van der Waals surface area (Å²) in [4.78, 5) is 0. The van der Waals surface area contributed by atoms with Gasteiger partial charge in [-0.15, -0.1) is 11.6 Å². The Bertz CT molecular complexity index is 214. The smallest absolute Gasteiger partial charge is 0.0471 e. The number of alkyl halides is 1. The lowest BCUT2D eigenvalue weighted by Crippen LogP contribution is -1.83. The van der Waals surface area contributed by atoms with E-state index in [-0.39, 0.29) is 0 Å².